The number of esters is 1. The molecular weight excluding hydrogens is 307 g/mol. The van der Waals surface area contributed by atoms with Crippen LogP contribution in [0, 0.1) is 0 Å². The standard InChI is InChI=1S/C15H23O6P/c1-3-13(16)20-15(18)10-11-22(19,21-14(17)4-2)12-8-6-5-7-9-12/h5-9,13-14,16-17H,3-4,10-11H2,1-2H3. The van der Waals surface area contributed by atoms with Crippen LogP contribution in [0.1, 0.15) is 33.1 Å². The Hall–Kier alpha value is -1.20. The normalized spacial score (nSPS) is 16.5. The first-order valence-corrected chi connectivity index (χ1v) is 9.11. The van der Waals surface area contributed by atoms with Gasteiger partial charge in [-0.25, -0.2) is 0 Å². The van der Waals surface area contributed by atoms with Gasteiger partial charge in [0.15, 0.2) is 12.6 Å². The van der Waals surface area contributed by atoms with E-state index in [0.717, 1.165) is 0 Å². The van der Waals surface area contributed by atoms with Crippen LogP contribution in [0.4, 0.5) is 0 Å². The van der Waals surface area contributed by atoms with E-state index in [4.69, 9.17) is 9.26 Å². The molecule has 3 unspecified atom stereocenters. The molecule has 1 aromatic carbocycles. The molecule has 1 rings (SSSR count). The summed E-state index contributed by atoms with van der Waals surface area (Å²) < 4.78 is 23.0. The molecule has 0 aromatic heterocycles. The minimum Gasteiger partial charge on any atom is -0.436 e. The lowest BCUT2D eigenvalue weighted by Gasteiger charge is -2.21. The van der Waals surface area contributed by atoms with Crippen LogP contribution in [0.2, 0.25) is 0 Å². The number of ether oxygens (including phenoxy) is 1. The number of hydrogen-bond acceptors (Lipinski definition) is 6. The fourth-order valence-electron chi connectivity index (χ4n) is 1.70. The average Bonchev–Trinajstić information content (AvgIpc) is 2.53. The van der Waals surface area contributed by atoms with Crippen LogP contribution in [0.25, 0.3) is 0 Å². The van der Waals surface area contributed by atoms with Crippen molar-refractivity contribution >= 4 is 18.6 Å². The average molecular weight is 330 g/mol. The highest BCUT2D eigenvalue weighted by atomic mass is 31.2. The van der Waals surface area contributed by atoms with Crippen molar-refractivity contribution in [3.63, 3.8) is 0 Å². The predicted molar refractivity (Wildman–Crippen MR) is 82.9 cm³/mol. The number of benzene rings is 1. The smallest absolute Gasteiger partial charge is 0.308 e. The maximum atomic E-state index is 13.0. The Labute approximate surface area is 130 Å². The Kier molecular flexibility index (Phi) is 7.76. The van der Waals surface area contributed by atoms with Crippen LogP contribution in [-0.4, -0.2) is 34.9 Å². The molecule has 0 spiro atoms. The number of hydrogen-bond donors (Lipinski definition) is 2. The molecule has 0 heterocycles. The Morgan fingerprint density at radius 1 is 1.14 bits per heavy atom. The highest BCUT2D eigenvalue weighted by Gasteiger charge is 2.29. The first-order valence-electron chi connectivity index (χ1n) is 7.30. The summed E-state index contributed by atoms with van der Waals surface area (Å²) in [6.07, 6.45) is -2.01. The Bertz CT molecular complexity index is 504. The van der Waals surface area contributed by atoms with Gasteiger partial charge >= 0.3 is 5.97 Å². The van der Waals surface area contributed by atoms with E-state index in [1.165, 1.54) is 0 Å². The number of aliphatic hydroxyl groups excluding tert-OH is 2. The largest absolute Gasteiger partial charge is 0.436 e. The first kappa shape index (κ1) is 18.8. The van der Waals surface area contributed by atoms with Crippen LogP contribution < -0.4 is 5.30 Å². The molecule has 0 radical (unpaired) electrons. The molecule has 0 fully saturated rings. The fraction of sp³-hybridized carbons (Fsp3) is 0.533. The van der Waals surface area contributed by atoms with Gasteiger partial charge in [-0.3, -0.25) is 13.9 Å². The van der Waals surface area contributed by atoms with Crippen molar-refractivity contribution in [1.29, 1.82) is 0 Å². The molecule has 0 aliphatic carbocycles. The highest BCUT2D eigenvalue weighted by Crippen LogP contribution is 2.47. The van der Waals surface area contributed by atoms with Gasteiger partial charge in [0.05, 0.1) is 6.42 Å². The second kappa shape index (κ2) is 9.06. The molecule has 0 bridgehead atoms. The lowest BCUT2D eigenvalue weighted by molar-refractivity contribution is -0.167. The Balaban J connectivity index is 2.79. The van der Waals surface area contributed by atoms with E-state index in [0.29, 0.717) is 5.30 Å². The van der Waals surface area contributed by atoms with E-state index in [-0.39, 0.29) is 25.4 Å². The van der Waals surface area contributed by atoms with Gasteiger partial charge in [0.1, 0.15) is 0 Å². The van der Waals surface area contributed by atoms with Gasteiger partial charge in [-0.15, -0.1) is 0 Å². The van der Waals surface area contributed by atoms with Crippen LogP contribution in [-0.2, 0) is 18.6 Å². The topological polar surface area (TPSA) is 93.1 Å². The first-order chi connectivity index (χ1) is 10.4. The molecule has 0 aliphatic heterocycles. The predicted octanol–water partition coefficient (Wildman–Crippen LogP) is 2.00. The van der Waals surface area contributed by atoms with Crippen molar-refractivity contribution in [2.24, 2.45) is 0 Å². The van der Waals surface area contributed by atoms with Gasteiger partial charge in [-0.1, -0.05) is 32.0 Å². The van der Waals surface area contributed by atoms with E-state index in [1.807, 2.05) is 0 Å². The SMILES string of the molecule is CCC(O)OC(=O)CCP(=O)(OC(O)CC)c1ccccc1. The second-order valence-corrected chi connectivity index (χ2v) is 7.32. The molecule has 0 aliphatic rings. The van der Waals surface area contributed by atoms with Crippen LogP contribution in [0.15, 0.2) is 30.3 Å². The zero-order valence-electron chi connectivity index (χ0n) is 12.8. The van der Waals surface area contributed by atoms with E-state index in [9.17, 15) is 19.6 Å². The molecule has 6 nitrogen and oxygen atoms in total. The fourth-order valence-corrected chi connectivity index (χ4v) is 3.83. The van der Waals surface area contributed by atoms with Gasteiger partial charge < -0.3 is 14.9 Å². The molecule has 7 heteroatoms. The third-order valence-electron chi connectivity index (χ3n) is 3.02. The van der Waals surface area contributed by atoms with Gasteiger partial charge in [0, 0.05) is 17.9 Å². The minimum absolute atomic E-state index is 0.0939. The van der Waals surface area contributed by atoms with Gasteiger partial charge in [-0.05, 0) is 18.6 Å². The van der Waals surface area contributed by atoms with Crippen molar-refractivity contribution in [1.82, 2.24) is 0 Å². The van der Waals surface area contributed by atoms with Gasteiger partial charge in [0.25, 0.3) is 0 Å². The number of aliphatic hydroxyl groups is 2. The molecule has 3 atom stereocenters. The Morgan fingerprint density at radius 2 is 1.73 bits per heavy atom. The zero-order chi connectivity index (χ0) is 16.6. The van der Waals surface area contributed by atoms with Crippen LogP contribution in [0.3, 0.4) is 0 Å². The summed E-state index contributed by atoms with van der Waals surface area (Å²) in [5, 5.41) is 19.4. The quantitative estimate of drug-likeness (QED) is 0.409. The highest BCUT2D eigenvalue weighted by molar-refractivity contribution is 7.67. The summed E-state index contributed by atoms with van der Waals surface area (Å²) in [6.45, 7) is 3.37. The van der Waals surface area contributed by atoms with Gasteiger partial charge in [0.2, 0.25) is 7.37 Å². The minimum atomic E-state index is -3.38. The maximum absolute atomic E-state index is 13.0. The summed E-state index contributed by atoms with van der Waals surface area (Å²) in [4.78, 5) is 11.6. The molecule has 0 saturated carbocycles. The summed E-state index contributed by atoms with van der Waals surface area (Å²) >= 11 is 0. The van der Waals surface area contributed by atoms with Crippen molar-refractivity contribution in [3.8, 4) is 0 Å². The molecule has 0 amide bonds. The van der Waals surface area contributed by atoms with E-state index in [2.05, 4.69) is 0 Å². The maximum Gasteiger partial charge on any atom is 0.308 e. The number of carbonyl (C=O) groups excluding carboxylic acids is 1. The molecular formula is C15H23O6P. The number of carbonyl (C=O) groups is 1. The van der Waals surface area contributed by atoms with Crippen molar-refractivity contribution in [2.45, 2.75) is 45.7 Å². The summed E-state index contributed by atoms with van der Waals surface area (Å²) in [5.41, 5.74) is 0. The van der Waals surface area contributed by atoms with E-state index >= 15 is 0 Å². The molecule has 1 aromatic rings. The summed E-state index contributed by atoms with van der Waals surface area (Å²) in [6, 6.07) is 8.46. The monoisotopic (exact) mass is 330 g/mol. The van der Waals surface area contributed by atoms with Gasteiger partial charge in [-0.2, -0.15) is 0 Å². The van der Waals surface area contributed by atoms with Crippen molar-refractivity contribution in [2.75, 3.05) is 6.16 Å². The van der Waals surface area contributed by atoms with Crippen molar-refractivity contribution in [3.05, 3.63) is 30.3 Å². The lowest BCUT2D eigenvalue weighted by atomic mass is 10.4. The second-order valence-electron chi connectivity index (χ2n) is 4.80. The van der Waals surface area contributed by atoms with E-state index < -0.39 is 25.9 Å². The van der Waals surface area contributed by atoms with Crippen molar-refractivity contribution < 1.29 is 28.8 Å². The summed E-state index contributed by atoms with van der Waals surface area (Å²) in [5.74, 6) is -0.653. The lowest BCUT2D eigenvalue weighted by Crippen LogP contribution is -2.21. The third kappa shape index (κ3) is 5.89. The van der Waals surface area contributed by atoms with E-state index in [1.54, 1.807) is 44.2 Å². The van der Waals surface area contributed by atoms with Crippen LogP contribution >= 0.6 is 7.37 Å². The Morgan fingerprint density at radius 3 is 2.27 bits per heavy atom. The molecule has 124 valence electrons. The third-order valence-corrected chi connectivity index (χ3v) is 5.50. The molecule has 22 heavy (non-hydrogen) atoms. The zero-order valence-corrected chi connectivity index (χ0v) is 13.7. The molecule has 0 saturated heterocycles. The molecule has 2 N–H and O–H groups in total. The number of rotatable bonds is 9. The summed E-state index contributed by atoms with van der Waals surface area (Å²) in [7, 11) is -3.38. The van der Waals surface area contributed by atoms with Crippen LogP contribution in [0.5, 0.6) is 0 Å².